The predicted molar refractivity (Wildman–Crippen MR) is 116 cm³/mol. The van der Waals surface area contributed by atoms with Crippen LogP contribution in [0.3, 0.4) is 0 Å². The van der Waals surface area contributed by atoms with Crippen molar-refractivity contribution < 1.29 is 9.47 Å². The summed E-state index contributed by atoms with van der Waals surface area (Å²) in [4.78, 5) is 1.14. The van der Waals surface area contributed by atoms with Crippen molar-refractivity contribution in [2.45, 2.75) is 11.5 Å². The summed E-state index contributed by atoms with van der Waals surface area (Å²) in [5.41, 5.74) is 10.5. The lowest BCUT2D eigenvalue weighted by atomic mass is 9.95. The summed E-state index contributed by atoms with van der Waals surface area (Å²) >= 11 is 1.70. The molecule has 1 aliphatic heterocycles. The Balaban J connectivity index is 1.67. The van der Waals surface area contributed by atoms with Crippen molar-refractivity contribution in [1.29, 1.82) is 0 Å². The third kappa shape index (κ3) is 3.06. The molecule has 3 nitrogen and oxygen atoms in total. The van der Waals surface area contributed by atoms with Gasteiger partial charge in [0.05, 0.1) is 4.90 Å². The fraction of sp³-hybridized carbons (Fsp3) is 0.0833. The van der Waals surface area contributed by atoms with Gasteiger partial charge in [0.1, 0.15) is 24.0 Å². The van der Waals surface area contributed by atoms with Gasteiger partial charge in [-0.1, -0.05) is 72.4 Å². The van der Waals surface area contributed by atoms with E-state index in [1.807, 2.05) is 42.5 Å². The molecule has 0 spiro atoms. The zero-order chi connectivity index (χ0) is 18.9. The first-order chi connectivity index (χ1) is 13.8. The highest BCUT2D eigenvalue weighted by atomic mass is 32.2. The Hall–Kier alpha value is -3.11. The largest absolute Gasteiger partial charge is 0.488 e. The molecule has 0 saturated carbocycles. The van der Waals surface area contributed by atoms with E-state index in [0.29, 0.717) is 18.2 Å². The molecular formula is C24H19NO2S. The maximum Gasteiger partial charge on any atom is 0.138 e. The van der Waals surface area contributed by atoms with Gasteiger partial charge in [-0.25, -0.2) is 0 Å². The fourth-order valence-electron chi connectivity index (χ4n) is 3.58. The number of benzene rings is 4. The molecule has 0 aromatic heterocycles. The van der Waals surface area contributed by atoms with E-state index in [-0.39, 0.29) is 0 Å². The van der Waals surface area contributed by atoms with Crippen molar-refractivity contribution in [1.82, 2.24) is 0 Å². The Morgan fingerprint density at radius 3 is 2.43 bits per heavy atom. The minimum atomic E-state index is 0.493. The van der Waals surface area contributed by atoms with Gasteiger partial charge in [0, 0.05) is 22.7 Å². The Morgan fingerprint density at radius 1 is 0.893 bits per heavy atom. The number of hydrogen-bond acceptors (Lipinski definition) is 4. The Bertz CT molecular complexity index is 1140. The lowest BCUT2D eigenvalue weighted by Gasteiger charge is -2.16. The van der Waals surface area contributed by atoms with Crippen LogP contribution in [0.2, 0.25) is 0 Å². The molecule has 1 aliphatic rings. The standard InChI is InChI=1S/C24H19NO2S/c25-20-13-21(26-14-16-7-3-1-4-8-16)18-11-22-23(28-15-27-22)12-19(18)24(20)17-9-5-2-6-10-17/h1-13H,14-15,25H2. The van der Waals surface area contributed by atoms with Gasteiger partial charge in [0.15, 0.2) is 0 Å². The second kappa shape index (κ2) is 7.13. The maximum absolute atomic E-state index is 6.52. The molecule has 4 aromatic carbocycles. The first kappa shape index (κ1) is 17.0. The number of hydrogen-bond donors (Lipinski definition) is 1. The van der Waals surface area contributed by atoms with Crippen LogP contribution < -0.4 is 15.2 Å². The summed E-state index contributed by atoms with van der Waals surface area (Å²) in [6.07, 6.45) is 0. The highest BCUT2D eigenvalue weighted by molar-refractivity contribution is 7.99. The number of ether oxygens (including phenoxy) is 2. The van der Waals surface area contributed by atoms with Gasteiger partial charge < -0.3 is 15.2 Å². The molecule has 28 heavy (non-hydrogen) atoms. The number of anilines is 1. The van der Waals surface area contributed by atoms with E-state index < -0.39 is 0 Å². The highest BCUT2D eigenvalue weighted by Gasteiger charge is 2.20. The second-order valence-electron chi connectivity index (χ2n) is 6.73. The monoisotopic (exact) mass is 385 g/mol. The van der Waals surface area contributed by atoms with Crippen LogP contribution in [0.15, 0.2) is 83.8 Å². The van der Waals surface area contributed by atoms with Gasteiger partial charge in [-0.15, -0.1) is 0 Å². The van der Waals surface area contributed by atoms with Crippen molar-refractivity contribution in [3.05, 3.63) is 84.4 Å². The molecule has 0 aliphatic carbocycles. The number of nitrogens with two attached hydrogens (primary N) is 1. The third-order valence-corrected chi connectivity index (χ3v) is 5.79. The summed E-state index contributed by atoms with van der Waals surface area (Å²) in [6, 6.07) is 26.6. The number of fused-ring (bicyclic) bond motifs is 2. The van der Waals surface area contributed by atoms with E-state index in [0.717, 1.165) is 43.9 Å². The van der Waals surface area contributed by atoms with Gasteiger partial charge in [0.25, 0.3) is 0 Å². The van der Waals surface area contributed by atoms with Crippen LogP contribution in [0.25, 0.3) is 21.9 Å². The van der Waals surface area contributed by atoms with Crippen LogP contribution in [0.5, 0.6) is 11.5 Å². The highest BCUT2D eigenvalue weighted by Crippen LogP contribution is 2.46. The van der Waals surface area contributed by atoms with Crippen molar-refractivity contribution in [3.8, 4) is 22.6 Å². The first-order valence-electron chi connectivity index (χ1n) is 9.17. The van der Waals surface area contributed by atoms with Crippen LogP contribution >= 0.6 is 11.8 Å². The van der Waals surface area contributed by atoms with Crippen molar-refractivity contribution in [2.75, 3.05) is 11.7 Å². The molecule has 1 heterocycles. The van der Waals surface area contributed by atoms with Crippen molar-refractivity contribution in [2.24, 2.45) is 0 Å². The molecule has 5 rings (SSSR count). The van der Waals surface area contributed by atoms with E-state index in [1.165, 1.54) is 0 Å². The smallest absolute Gasteiger partial charge is 0.138 e. The van der Waals surface area contributed by atoms with E-state index >= 15 is 0 Å². The zero-order valence-corrected chi connectivity index (χ0v) is 16.0. The van der Waals surface area contributed by atoms with E-state index in [2.05, 4.69) is 36.4 Å². The molecule has 0 bridgehead atoms. The first-order valence-corrected chi connectivity index (χ1v) is 10.2. The van der Waals surface area contributed by atoms with Gasteiger partial charge in [-0.3, -0.25) is 0 Å². The molecule has 0 fully saturated rings. The molecule has 138 valence electrons. The molecule has 0 atom stereocenters. The third-order valence-electron chi connectivity index (χ3n) is 4.92. The molecule has 0 radical (unpaired) electrons. The Labute approximate surface area is 168 Å². The lowest BCUT2D eigenvalue weighted by molar-refractivity contribution is 0.310. The van der Waals surface area contributed by atoms with Gasteiger partial charge in [-0.05, 0) is 28.6 Å². The Morgan fingerprint density at radius 2 is 1.64 bits per heavy atom. The molecule has 4 aromatic rings. The minimum absolute atomic E-state index is 0.493. The van der Waals surface area contributed by atoms with Gasteiger partial charge in [-0.2, -0.15) is 0 Å². The Kier molecular flexibility index (Phi) is 4.34. The molecule has 0 unspecified atom stereocenters. The molecule has 0 saturated heterocycles. The van der Waals surface area contributed by atoms with E-state index in [4.69, 9.17) is 15.2 Å². The molecule has 4 heteroatoms. The van der Waals surface area contributed by atoms with Crippen LogP contribution in [0.1, 0.15) is 5.56 Å². The maximum atomic E-state index is 6.52. The summed E-state index contributed by atoms with van der Waals surface area (Å²) in [7, 11) is 0. The molecule has 0 amide bonds. The predicted octanol–water partition coefficient (Wildman–Crippen LogP) is 6.11. The molecular weight excluding hydrogens is 366 g/mol. The molecule has 2 N–H and O–H groups in total. The number of thioether (sulfide) groups is 1. The topological polar surface area (TPSA) is 44.5 Å². The van der Waals surface area contributed by atoms with Crippen LogP contribution in [-0.4, -0.2) is 5.94 Å². The van der Waals surface area contributed by atoms with E-state index in [1.54, 1.807) is 11.8 Å². The zero-order valence-electron chi connectivity index (χ0n) is 15.2. The van der Waals surface area contributed by atoms with Crippen LogP contribution in [0, 0.1) is 0 Å². The minimum Gasteiger partial charge on any atom is -0.488 e. The fourth-order valence-corrected chi connectivity index (χ4v) is 4.36. The number of rotatable bonds is 4. The summed E-state index contributed by atoms with van der Waals surface area (Å²) in [6.45, 7) is 0.493. The quantitative estimate of drug-likeness (QED) is 0.431. The van der Waals surface area contributed by atoms with Crippen molar-refractivity contribution >= 4 is 28.2 Å². The second-order valence-corrected chi connectivity index (χ2v) is 7.69. The summed E-state index contributed by atoms with van der Waals surface area (Å²) < 4.78 is 12.0. The normalized spacial score (nSPS) is 12.6. The van der Waals surface area contributed by atoms with Gasteiger partial charge >= 0.3 is 0 Å². The summed E-state index contributed by atoms with van der Waals surface area (Å²) in [5, 5.41) is 2.11. The van der Waals surface area contributed by atoms with Crippen LogP contribution in [-0.2, 0) is 6.61 Å². The lowest BCUT2D eigenvalue weighted by Crippen LogP contribution is -1.99. The van der Waals surface area contributed by atoms with E-state index in [9.17, 15) is 0 Å². The average molecular weight is 385 g/mol. The average Bonchev–Trinajstić information content (AvgIpc) is 3.19. The summed E-state index contributed by atoms with van der Waals surface area (Å²) in [5.74, 6) is 2.33. The SMILES string of the molecule is Nc1cc(OCc2ccccc2)c2cc3c(cc2c1-c1ccccc1)SCO3. The van der Waals surface area contributed by atoms with Gasteiger partial charge in [0.2, 0.25) is 0 Å². The van der Waals surface area contributed by atoms with Crippen LogP contribution in [0.4, 0.5) is 5.69 Å². The van der Waals surface area contributed by atoms with Crippen molar-refractivity contribution in [3.63, 3.8) is 0 Å². The number of nitrogen functional groups attached to an aromatic ring is 1.